The molecule has 1 amide bonds. The van der Waals surface area contributed by atoms with Crippen LogP contribution in [0.1, 0.15) is 12.5 Å². The van der Waals surface area contributed by atoms with Gasteiger partial charge in [0.05, 0.1) is 37.6 Å². The summed E-state index contributed by atoms with van der Waals surface area (Å²) in [6.07, 6.45) is 0. The Morgan fingerprint density at radius 2 is 1.60 bits per heavy atom. The standard InChI is InChI=1S/C27H28ClN3O8S/c1-17(18-5-8-24-26(13-18)39-12-11-38-24)29-30-27(32)16-31(21-14-19(28)6-9-22(21)35-2)40(33,34)20-7-10-23(36-3)25(15-20)37-4/h5-10,13-15H,11-12,16H2,1-4H3,(H,30,32)/b29-17-. The van der Waals surface area contributed by atoms with Gasteiger partial charge in [0.1, 0.15) is 25.5 Å². The fourth-order valence-corrected chi connectivity index (χ4v) is 5.51. The number of amides is 1. The van der Waals surface area contributed by atoms with E-state index in [2.05, 4.69) is 10.5 Å². The number of sulfonamides is 1. The number of hydrazone groups is 1. The Balaban J connectivity index is 1.65. The van der Waals surface area contributed by atoms with Crippen LogP contribution in [0.25, 0.3) is 0 Å². The number of carbonyl (C=O) groups excluding carboxylic acids is 1. The summed E-state index contributed by atoms with van der Waals surface area (Å²) in [6.45, 7) is 1.96. The van der Waals surface area contributed by atoms with Crippen LogP contribution < -0.4 is 33.4 Å². The quantitative estimate of drug-likeness (QED) is 0.279. The van der Waals surface area contributed by atoms with Gasteiger partial charge in [-0.25, -0.2) is 13.8 Å². The third-order valence-corrected chi connectivity index (χ3v) is 7.94. The number of nitrogens with zero attached hydrogens (tertiary/aromatic N) is 2. The summed E-state index contributed by atoms with van der Waals surface area (Å²) in [7, 11) is -0.126. The molecule has 3 aromatic carbocycles. The van der Waals surface area contributed by atoms with Crippen LogP contribution in [0.5, 0.6) is 28.7 Å². The van der Waals surface area contributed by atoms with E-state index in [0.717, 1.165) is 4.31 Å². The zero-order chi connectivity index (χ0) is 28.9. The van der Waals surface area contributed by atoms with Crippen LogP contribution in [0.4, 0.5) is 5.69 Å². The van der Waals surface area contributed by atoms with Gasteiger partial charge in [-0.2, -0.15) is 5.10 Å². The van der Waals surface area contributed by atoms with Gasteiger partial charge in [-0.3, -0.25) is 9.10 Å². The number of hydrogen-bond donors (Lipinski definition) is 1. The Morgan fingerprint density at radius 1 is 0.925 bits per heavy atom. The summed E-state index contributed by atoms with van der Waals surface area (Å²) >= 11 is 6.20. The summed E-state index contributed by atoms with van der Waals surface area (Å²) in [4.78, 5) is 13.0. The minimum atomic E-state index is -4.34. The number of halogens is 1. The van der Waals surface area contributed by atoms with Crippen molar-refractivity contribution >= 4 is 38.9 Å². The molecule has 1 heterocycles. The van der Waals surface area contributed by atoms with Gasteiger partial charge in [0.15, 0.2) is 23.0 Å². The van der Waals surface area contributed by atoms with Crippen LogP contribution in [-0.4, -0.2) is 61.1 Å². The number of benzene rings is 3. The highest BCUT2D eigenvalue weighted by atomic mass is 35.5. The first-order valence-corrected chi connectivity index (χ1v) is 13.8. The first kappa shape index (κ1) is 28.8. The SMILES string of the molecule is COc1ccc(S(=O)(=O)N(CC(=O)N/N=C(/C)c2ccc3c(c2)OCCO3)c2cc(Cl)ccc2OC)cc1OC. The Bertz CT molecular complexity index is 1540. The van der Waals surface area contributed by atoms with Crippen LogP contribution in [0.15, 0.2) is 64.6 Å². The Kier molecular flexibility index (Phi) is 8.90. The molecule has 3 aromatic rings. The van der Waals surface area contributed by atoms with Crippen molar-refractivity contribution in [2.24, 2.45) is 5.10 Å². The molecular formula is C27H28ClN3O8S. The van der Waals surface area contributed by atoms with Crippen molar-refractivity contribution in [3.05, 3.63) is 65.2 Å². The second-order valence-electron chi connectivity index (χ2n) is 8.44. The van der Waals surface area contributed by atoms with Gasteiger partial charge >= 0.3 is 0 Å². The molecule has 1 aliphatic rings. The minimum absolute atomic E-state index is 0.0625. The average molecular weight is 590 g/mol. The third kappa shape index (κ3) is 6.18. The average Bonchev–Trinajstić information content (AvgIpc) is 2.97. The molecule has 0 saturated heterocycles. The Hall–Kier alpha value is -4.16. The van der Waals surface area contributed by atoms with Crippen molar-refractivity contribution in [3.63, 3.8) is 0 Å². The van der Waals surface area contributed by atoms with E-state index in [1.54, 1.807) is 31.2 Å². The summed E-state index contributed by atoms with van der Waals surface area (Å²) in [5, 5.41) is 4.41. The molecule has 4 rings (SSSR count). The van der Waals surface area contributed by atoms with Crippen LogP contribution in [0, 0.1) is 0 Å². The molecule has 0 atom stereocenters. The molecule has 40 heavy (non-hydrogen) atoms. The molecular weight excluding hydrogens is 562 g/mol. The zero-order valence-corrected chi connectivity index (χ0v) is 23.8. The van der Waals surface area contributed by atoms with E-state index >= 15 is 0 Å². The number of methoxy groups -OCH3 is 3. The maximum Gasteiger partial charge on any atom is 0.265 e. The maximum absolute atomic E-state index is 13.9. The molecule has 212 valence electrons. The van der Waals surface area contributed by atoms with Gasteiger partial charge in [0.2, 0.25) is 0 Å². The molecule has 0 aromatic heterocycles. The smallest absolute Gasteiger partial charge is 0.265 e. The Labute approximate surface area is 237 Å². The van der Waals surface area contributed by atoms with Gasteiger partial charge in [0.25, 0.3) is 15.9 Å². The van der Waals surface area contributed by atoms with E-state index in [9.17, 15) is 13.2 Å². The predicted molar refractivity (Wildman–Crippen MR) is 150 cm³/mol. The number of anilines is 1. The largest absolute Gasteiger partial charge is 0.495 e. The molecule has 0 saturated carbocycles. The minimum Gasteiger partial charge on any atom is -0.495 e. The van der Waals surface area contributed by atoms with Crippen LogP contribution in [-0.2, 0) is 14.8 Å². The predicted octanol–water partition coefficient (Wildman–Crippen LogP) is 3.87. The maximum atomic E-state index is 13.9. The zero-order valence-electron chi connectivity index (χ0n) is 22.3. The summed E-state index contributed by atoms with van der Waals surface area (Å²) in [5.74, 6) is 1.23. The van der Waals surface area contributed by atoms with Gasteiger partial charge in [-0.1, -0.05) is 11.6 Å². The van der Waals surface area contributed by atoms with Gasteiger partial charge in [-0.15, -0.1) is 0 Å². The second kappa shape index (κ2) is 12.3. The van der Waals surface area contributed by atoms with E-state index in [4.69, 9.17) is 35.3 Å². The molecule has 13 heteroatoms. The number of carbonyl (C=O) groups is 1. The third-order valence-electron chi connectivity index (χ3n) is 5.95. The first-order chi connectivity index (χ1) is 19.2. The van der Waals surface area contributed by atoms with Crippen molar-refractivity contribution in [2.45, 2.75) is 11.8 Å². The van der Waals surface area contributed by atoms with E-state index in [1.165, 1.54) is 51.7 Å². The summed E-state index contributed by atoms with van der Waals surface area (Å²) in [6, 6.07) is 13.9. The molecule has 11 nitrogen and oxygen atoms in total. The second-order valence-corrected chi connectivity index (χ2v) is 10.7. The first-order valence-electron chi connectivity index (χ1n) is 12.0. The van der Waals surface area contributed by atoms with Crippen LogP contribution in [0.2, 0.25) is 5.02 Å². The molecule has 0 unspecified atom stereocenters. The monoisotopic (exact) mass is 589 g/mol. The topological polar surface area (TPSA) is 125 Å². The highest BCUT2D eigenvalue weighted by Crippen LogP contribution is 2.37. The highest BCUT2D eigenvalue weighted by molar-refractivity contribution is 7.92. The van der Waals surface area contributed by atoms with E-state index in [0.29, 0.717) is 41.7 Å². The Morgan fingerprint density at radius 3 is 2.30 bits per heavy atom. The molecule has 0 spiro atoms. The molecule has 0 fully saturated rings. The van der Waals surface area contributed by atoms with E-state index < -0.39 is 22.5 Å². The normalized spacial score (nSPS) is 12.9. The van der Waals surface area contributed by atoms with Crippen molar-refractivity contribution in [3.8, 4) is 28.7 Å². The number of nitrogens with one attached hydrogen (secondary N) is 1. The lowest BCUT2D eigenvalue weighted by Gasteiger charge is -2.26. The lowest BCUT2D eigenvalue weighted by atomic mass is 10.1. The number of rotatable bonds is 10. The van der Waals surface area contributed by atoms with Crippen molar-refractivity contribution in [2.75, 3.05) is 45.4 Å². The van der Waals surface area contributed by atoms with E-state index in [-0.39, 0.29) is 27.1 Å². The number of fused-ring (bicyclic) bond motifs is 1. The van der Waals surface area contributed by atoms with Gasteiger partial charge < -0.3 is 23.7 Å². The molecule has 0 bridgehead atoms. The number of ether oxygens (including phenoxy) is 5. The highest BCUT2D eigenvalue weighted by Gasteiger charge is 2.31. The fourth-order valence-electron chi connectivity index (χ4n) is 3.91. The molecule has 0 aliphatic carbocycles. The molecule has 1 aliphatic heterocycles. The van der Waals surface area contributed by atoms with E-state index in [1.807, 2.05) is 0 Å². The van der Waals surface area contributed by atoms with Gasteiger partial charge in [-0.05, 0) is 55.5 Å². The van der Waals surface area contributed by atoms with Crippen molar-refractivity contribution in [1.82, 2.24) is 5.43 Å². The fraction of sp³-hybridized carbons (Fsp3) is 0.259. The molecule has 1 N–H and O–H groups in total. The number of hydrogen-bond acceptors (Lipinski definition) is 9. The summed E-state index contributed by atoms with van der Waals surface area (Å²) in [5.41, 5.74) is 3.66. The van der Waals surface area contributed by atoms with Gasteiger partial charge in [0, 0.05) is 16.7 Å². The molecule has 0 radical (unpaired) electrons. The lowest BCUT2D eigenvalue weighted by Crippen LogP contribution is -2.40. The van der Waals surface area contributed by atoms with Crippen molar-refractivity contribution < 1.29 is 36.9 Å². The van der Waals surface area contributed by atoms with Crippen LogP contribution in [0.3, 0.4) is 0 Å². The summed E-state index contributed by atoms with van der Waals surface area (Å²) < 4.78 is 55.7. The lowest BCUT2D eigenvalue weighted by molar-refractivity contribution is -0.119. The van der Waals surface area contributed by atoms with Crippen LogP contribution >= 0.6 is 11.6 Å². The van der Waals surface area contributed by atoms with Crippen molar-refractivity contribution in [1.29, 1.82) is 0 Å².